The van der Waals surface area contributed by atoms with Crippen molar-refractivity contribution in [1.82, 2.24) is 4.90 Å². The maximum absolute atomic E-state index is 15.2. The molecule has 1 spiro atoms. The normalized spacial score (nSPS) is 22.5. The molecule has 0 aliphatic carbocycles. The number of carbonyl (C=O) groups is 3. The Hall–Kier alpha value is -5.43. The van der Waals surface area contributed by atoms with Gasteiger partial charge in [-0.1, -0.05) is 79.4 Å². The molecule has 7 nitrogen and oxygen atoms in total. The van der Waals surface area contributed by atoms with Gasteiger partial charge in [0.1, 0.15) is 29.6 Å². The molecule has 0 bridgehead atoms. The molecule has 7 rings (SSSR count). The molecule has 1 saturated heterocycles. The van der Waals surface area contributed by atoms with E-state index in [1.165, 1.54) is 7.11 Å². The van der Waals surface area contributed by atoms with E-state index in [2.05, 4.69) is 11.9 Å². The second-order valence-electron chi connectivity index (χ2n) is 11.1. The van der Waals surface area contributed by atoms with Crippen molar-refractivity contribution in [3.8, 4) is 11.5 Å². The molecule has 4 aromatic carbocycles. The summed E-state index contributed by atoms with van der Waals surface area (Å²) in [4.78, 5) is 46.6. The van der Waals surface area contributed by atoms with Crippen LogP contribution < -0.4 is 14.8 Å². The average Bonchev–Trinajstić information content (AvgIpc) is 3.55. The SMILES string of the molecule is C=CCOc1ccccc1C(=O)[C@@H]1[C@@H](C(=O)c2ccccc2OC)N2C=Cc3ccccc3[C@@H]2[C@@]12C(=O)Nc1ccccc12. The first-order chi connectivity index (χ1) is 21.5. The highest BCUT2D eigenvalue weighted by atomic mass is 16.5. The van der Waals surface area contributed by atoms with Gasteiger partial charge in [-0.2, -0.15) is 0 Å². The number of para-hydroxylation sites is 3. The molecule has 4 aromatic rings. The fraction of sp³-hybridized carbons (Fsp3) is 0.162. The van der Waals surface area contributed by atoms with E-state index in [0.29, 0.717) is 33.9 Å². The highest BCUT2D eigenvalue weighted by Crippen LogP contribution is 2.62. The summed E-state index contributed by atoms with van der Waals surface area (Å²) < 4.78 is 11.5. The zero-order chi connectivity index (χ0) is 30.4. The van der Waals surface area contributed by atoms with Crippen molar-refractivity contribution in [3.05, 3.63) is 144 Å². The highest BCUT2D eigenvalue weighted by Gasteiger charge is 2.71. The molecule has 1 fully saturated rings. The van der Waals surface area contributed by atoms with Crippen LogP contribution >= 0.6 is 0 Å². The monoisotopic (exact) mass is 582 g/mol. The lowest BCUT2D eigenvalue weighted by Gasteiger charge is -2.38. The van der Waals surface area contributed by atoms with Crippen molar-refractivity contribution in [1.29, 1.82) is 0 Å². The van der Waals surface area contributed by atoms with Gasteiger partial charge in [-0.3, -0.25) is 14.4 Å². The van der Waals surface area contributed by atoms with Crippen LogP contribution in [-0.4, -0.2) is 42.1 Å². The molecule has 218 valence electrons. The lowest BCUT2D eigenvalue weighted by Crippen LogP contribution is -2.49. The van der Waals surface area contributed by atoms with Gasteiger partial charge in [0.05, 0.1) is 30.2 Å². The number of ether oxygens (including phenoxy) is 2. The standard InChI is InChI=1S/C37H30N2O5/c1-3-22-44-30-19-11-7-15-26(30)33(40)31-32(34(41)25-14-6-10-18-29(25)43-2)39-21-20-23-12-4-5-13-24(23)35(39)37(31)27-16-8-9-17-28(27)38-36(37)42/h3-21,31-32,35H,1,22H2,2H3,(H,38,42)/t31-,32-,35+,37-/m0/s1. The summed E-state index contributed by atoms with van der Waals surface area (Å²) in [6.07, 6.45) is 5.40. The number of nitrogens with one attached hydrogen (secondary N) is 1. The third-order valence-corrected chi connectivity index (χ3v) is 9.00. The molecule has 7 heteroatoms. The molecule has 0 unspecified atom stereocenters. The van der Waals surface area contributed by atoms with Gasteiger partial charge >= 0.3 is 0 Å². The number of hydrogen-bond donors (Lipinski definition) is 1. The number of anilines is 1. The predicted molar refractivity (Wildman–Crippen MR) is 168 cm³/mol. The van der Waals surface area contributed by atoms with Crippen molar-refractivity contribution in [3.63, 3.8) is 0 Å². The second-order valence-corrected chi connectivity index (χ2v) is 11.1. The molecule has 3 aliphatic heterocycles. The minimum atomic E-state index is -1.44. The third-order valence-electron chi connectivity index (χ3n) is 9.00. The van der Waals surface area contributed by atoms with Gasteiger partial charge in [0.25, 0.3) is 0 Å². The zero-order valence-corrected chi connectivity index (χ0v) is 24.1. The molecule has 4 atom stereocenters. The summed E-state index contributed by atoms with van der Waals surface area (Å²) in [7, 11) is 1.51. The quantitative estimate of drug-likeness (QED) is 0.196. The fourth-order valence-corrected chi connectivity index (χ4v) is 7.29. The first kappa shape index (κ1) is 27.4. The van der Waals surface area contributed by atoms with Gasteiger partial charge in [-0.15, -0.1) is 0 Å². The summed E-state index contributed by atoms with van der Waals surface area (Å²) in [6, 6.07) is 27.6. The minimum Gasteiger partial charge on any atom is -0.496 e. The summed E-state index contributed by atoms with van der Waals surface area (Å²) in [5.74, 6) is -1.36. The van der Waals surface area contributed by atoms with E-state index >= 15 is 4.79 Å². The van der Waals surface area contributed by atoms with Gasteiger partial charge in [0, 0.05) is 11.9 Å². The Labute approximate surface area is 255 Å². The van der Waals surface area contributed by atoms with Crippen LogP contribution in [0.5, 0.6) is 11.5 Å². The van der Waals surface area contributed by atoms with Gasteiger partial charge in [-0.25, -0.2) is 0 Å². The topological polar surface area (TPSA) is 84.9 Å². The summed E-state index contributed by atoms with van der Waals surface area (Å²) >= 11 is 0. The number of methoxy groups -OCH3 is 1. The highest BCUT2D eigenvalue weighted by molar-refractivity contribution is 6.17. The number of nitrogens with zero attached hydrogens (tertiary/aromatic N) is 1. The number of rotatable bonds is 8. The lowest BCUT2D eigenvalue weighted by molar-refractivity contribution is -0.122. The van der Waals surface area contributed by atoms with Crippen LogP contribution in [0.25, 0.3) is 6.08 Å². The van der Waals surface area contributed by atoms with Crippen LogP contribution in [0.2, 0.25) is 0 Å². The largest absolute Gasteiger partial charge is 0.496 e. The first-order valence-corrected chi connectivity index (χ1v) is 14.5. The second kappa shape index (κ2) is 10.7. The van der Waals surface area contributed by atoms with Crippen LogP contribution in [0.4, 0.5) is 5.69 Å². The van der Waals surface area contributed by atoms with E-state index in [4.69, 9.17) is 9.47 Å². The van der Waals surface area contributed by atoms with Crippen LogP contribution in [0.15, 0.2) is 116 Å². The van der Waals surface area contributed by atoms with E-state index in [-0.39, 0.29) is 24.1 Å². The van der Waals surface area contributed by atoms with E-state index < -0.39 is 23.4 Å². The molecular formula is C37H30N2O5. The molecule has 1 amide bonds. The zero-order valence-electron chi connectivity index (χ0n) is 24.1. The number of amides is 1. The molecular weight excluding hydrogens is 552 g/mol. The molecule has 0 radical (unpaired) electrons. The molecule has 3 heterocycles. The molecule has 1 N–H and O–H groups in total. The number of ketones is 2. The minimum absolute atomic E-state index is 0.192. The Morgan fingerprint density at radius 3 is 2.32 bits per heavy atom. The van der Waals surface area contributed by atoms with E-state index in [1.807, 2.05) is 65.7 Å². The van der Waals surface area contributed by atoms with Gasteiger partial charge < -0.3 is 19.7 Å². The van der Waals surface area contributed by atoms with Crippen LogP contribution in [0, 0.1) is 5.92 Å². The smallest absolute Gasteiger partial charge is 0.238 e. The number of fused-ring (bicyclic) bond motifs is 6. The maximum Gasteiger partial charge on any atom is 0.238 e. The summed E-state index contributed by atoms with van der Waals surface area (Å²) in [5.41, 5.74) is 2.30. The summed E-state index contributed by atoms with van der Waals surface area (Å²) in [5, 5.41) is 3.08. The van der Waals surface area contributed by atoms with Crippen LogP contribution in [0.1, 0.15) is 43.4 Å². The third kappa shape index (κ3) is 3.85. The Morgan fingerprint density at radius 1 is 0.886 bits per heavy atom. The average molecular weight is 583 g/mol. The number of Topliss-reactive ketones (excluding diaryl/α,β-unsaturated/α-hetero) is 2. The first-order valence-electron chi connectivity index (χ1n) is 14.5. The molecule has 44 heavy (non-hydrogen) atoms. The van der Waals surface area contributed by atoms with Crippen molar-refractivity contribution < 1.29 is 23.9 Å². The van der Waals surface area contributed by atoms with Crippen molar-refractivity contribution in [2.75, 3.05) is 19.0 Å². The van der Waals surface area contributed by atoms with Crippen LogP contribution in [-0.2, 0) is 10.2 Å². The van der Waals surface area contributed by atoms with Crippen molar-refractivity contribution in [2.24, 2.45) is 5.92 Å². The Balaban J connectivity index is 1.54. The lowest BCUT2D eigenvalue weighted by atomic mass is 9.62. The number of benzene rings is 4. The molecule has 0 saturated carbocycles. The summed E-state index contributed by atoms with van der Waals surface area (Å²) in [6.45, 7) is 3.93. The Kier molecular flexibility index (Phi) is 6.66. The number of carbonyl (C=O) groups excluding carboxylic acids is 3. The van der Waals surface area contributed by atoms with E-state index in [1.54, 1.807) is 54.6 Å². The number of hydrogen-bond acceptors (Lipinski definition) is 6. The Bertz CT molecular complexity index is 1860. The van der Waals surface area contributed by atoms with Gasteiger partial charge in [-0.05, 0) is 53.1 Å². The van der Waals surface area contributed by atoms with Crippen LogP contribution in [0.3, 0.4) is 0 Å². The van der Waals surface area contributed by atoms with Gasteiger partial charge in [0.15, 0.2) is 11.6 Å². The Morgan fingerprint density at radius 2 is 1.55 bits per heavy atom. The predicted octanol–water partition coefficient (Wildman–Crippen LogP) is 6.24. The van der Waals surface area contributed by atoms with E-state index in [9.17, 15) is 9.59 Å². The maximum atomic E-state index is 15.2. The molecule has 3 aliphatic rings. The van der Waals surface area contributed by atoms with Crippen molar-refractivity contribution in [2.45, 2.75) is 17.5 Å². The van der Waals surface area contributed by atoms with E-state index in [0.717, 1.165) is 11.1 Å². The fourth-order valence-electron chi connectivity index (χ4n) is 7.29. The molecule has 0 aromatic heterocycles. The van der Waals surface area contributed by atoms with Gasteiger partial charge in [0.2, 0.25) is 5.91 Å². The van der Waals surface area contributed by atoms with Crippen molar-refractivity contribution >= 4 is 29.2 Å².